The highest BCUT2D eigenvalue weighted by Gasteiger charge is 2.09. The zero-order chi connectivity index (χ0) is 15.2. The third-order valence-corrected chi connectivity index (χ3v) is 4.39. The molecule has 0 amide bonds. The summed E-state index contributed by atoms with van der Waals surface area (Å²) >= 11 is 1.73. The maximum atomic E-state index is 5.96. The first kappa shape index (κ1) is 15.7. The second-order valence-electron chi connectivity index (χ2n) is 4.80. The summed E-state index contributed by atoms with van der Waals surface area (Å²) in [6.07, 6.45) is 0. The normalized spacial score (nSPS) is 12.0. The average molecular weight is 303 g/mol. The highest BCUT2D eigenvalue weighted by molar-refractivity contribution is 7.98. The minimum absolute atomic E-state index is 0.0194. The van der Waals surface area contributed by atoms with Gasteiger partial charge in [0, 0.05) is 22.3 Å². The second kappa shape index (κ2) is 7.38. The third kappa shape index (κ3) is 3.93. The Balaban J connectivity index is 2.20. The van der Waals surface area contributed by atoms with Crippen molar-refractivity contribution in [1.82, 2.24) is 0 Å². The van der Waals surface area contributed by atoms with Crippen LogP contribution in [-0.4, -0.2) is 14.2 Å². The minimum Gasteiger partial charge on any atom is -0.496 e. The van der Waals surface area contributed by atoms with Crippen LogP contribution in [0, 0.1) is 0 Å². The lowest BCUT2D eigenvalue weighted by Crippen LogP contribution is -2.05. The van der Waals surface area contributed by atoms with Gasteiger partial charge in [0.15, 0.2) is 0 Å². The molecule has 0 aliphatic rings. The van der Waals surface area contributed by atoms with Crippen LogP contribution in [0.2, 0.25) is 0 Å². The van der Waals surface area contributed by atoms with Crippen molar-refractivity contribution in [2.45, 2.75) is 23.6 Å². The molecular formula is C17H21NO2S. The van der Waals surface area contributed by atoms with Crippen molar-refractivity contribution in [3.8, 4) is 11.5 Å². The van der Waals surface area contributed by atoms with Crippen molar-refractivity contribution in [2.75, 3.05) is 14.2 Å². The van der Waals surface area contributed by atoms with E-state index in [0.29, 0.717) is 0 Å². The van der Waals surface area contributed by atoms with Crippen LogP contribution in [0.25, 0.3) is 0 Å². The molecule has 2 aromatic rings. The van der Waals surface area contributed by atoms with Crippen LogP contribution in [0.1, 0.15) is 24.1 Å². The number of methoxy groups -OCH3 is 2. The van der Waals surface area contributed by atoms with E-state index in [1.165, 1.54) is 0 Å². The van der Waals surface area contributed by atoms with Crippen LogP contribution < -0.4 is 15.2 Å². The Morgan fingerprint density at radius 1 is 1.05 bits per heavy atom. The minimum atomic E-state index is 0.0194. The van der Waals surface area contributed by atoms with Gasteiger partial charge >= 0.3 is 0 Å². The van der Waals surface area contributed by atoms with Crippen molar-refractivity contribution < 1.29 is 9.47 Å². The third-order valence-electron chi connectivity index (χ3n) is 3.28. The van der Waals surface area contributed by atoms with Gasteiger partial charge < -0.3 is 15.2 Å². The van der Waals surface area contributed by atoms with Gasteiger partial charge in [0.05, 0.1) is 14.2 Å². The zero-order valence-corrected chi connectivity index (χ0v) is 13.4. The molecule has 3 nitrogen and oxygen atoms in total. The van der Waals surface area contributed by atoms with E-state index in [0.717, 1.165) is 33.3 Å². The fourth-order valence-corrected chi connectivity index (χ4v) is 3.09. The molecule has 2 rings (SSSR count). The number of nitrogens with two attached hydrogens (primary N) is 1. The molecular weight excluding hydrogens is 282 g/mol. The van der Waals surface area contributed by atoms with E-state index >= 15 is 0 Å². The molecule has 1 unspecified atom stereocenters. The Hall–Kier alpha value is -1.65. The van der Waals surface area contributed by atoms with Crippen molar-refractivity contribution in [2.24, 2.45) is 5.73 Å². The first-order chi connectivity index (χ1) is 10.2. The summed E-state index contributed by atoms with van der Waals surface area (Å²) in [4.78, 5) is 1.12. The first-order valence-corrected chi connectivity index (χ1v) is 7.82. The monoisotopic (exact) mass is 303 g/mol. The van der Waals surface area contributed by atoms with Crippen LogP contribution in [0.5, 0.6) is 11.5 Å². The summed E-state index contributed by atoms with van der Waals surface area (Å²) < 4.78 is 10.8. The fraction of sp³-hybridized carbons (Fsp3) is 0.294. The van der Waals surface area contributed by atoms with E-state index in [1.807, 2.05) is 37.3 Å². The number of ether oxygens (including phenoxy) is 2. The Labute approximate surface area is 130 Å². The largest absolute Gasteiger partial charge is 0.496 e. The molecule has 0 aliphatic heterocycles. The fourth-order valence-electron chi connectivity index (χ4n) is 2.09. The van der Waals surface area contributed by atoms with Gasteiger partial charge in [-0.05, 0) is 36.8 Å². The molecule has 2 N–H and O–H groups in total. The lowest BCUT2D eigenvalue weighted by Gasteiger charge is -2.13. The predicted molar refractivity (Wildman–Crippen MR) is 88.2 cm³/mol. The Bertz CT molecular complexity index is 599. The maximum absolute atomic E-state index is 5.96. The van der Waals surface area contributed by atoms with Gasteiger partial charge in [0.25, 0.3) is 0 Å². The summed E-state index contributed by atoms with van der Waals surface area (Å²) in [7, 11) is 3.38. The summed E-state index contributed by atoms with van der Waals surface area (Å²) in [5.74, 6) is 2.59. The van der Waals surface area contributed by atoms with E-state index in [9.17, 15) is 0 Å². The zero-order valence-electron chi connectivity index (χ0n) is 12.6. The predicted octanol–water partition coefficient (Wildman–Crippen LogP) is 4.02. The molecule has 0 radical (unpaired) electrons. The lowest BCUT2D eigenvalue weighted by molar-refractivity contribution is 0.404. The van der Waals surface area contributed by atoms with Crippen molar-refractivity contribution in [1.29, 1.82) is 0 Å². The van der Waals surface area contributed by atoms with Crippen LogP contribution in [0.4, 0.5) is 0 Å². The highest BCUT2D eigenvalue weighted by Crippen LogP contribution is 2.34. The maximum Gasteiger partial charge on any atom is 0.132 e. The smallest absolute Gasteiger partial charge is 0.132 e. The van der Waals surface area contributed by atoms with Crippen LogP contribution in [0.3, 0.4) is 0 Å². The van der Waals surface area contributed by atoms with E-state index in [2.05, 4.69) is 12.1 Å². The molecule has 0 aromatic heterocycles. The lowest BCUT2D eigenvalue weighted by atomic mass is 10.1. The highest BCUT2D eigenvalue weighted by atomic mass is 32.2. The summed E-state index contributed by atoms with van der Waals surface area (Å²) in [5, 5.41) is 0. The molecule has 112 valence electrons. The van der Waals surface area contributed by atoms with Crippen LogP contribution in [-0.2, 0) is 5.75 Å². The average Bonchev–Trinajstić information content (AvgIpc) is 2.52. The number of benzene rings is 2. The Kier molecular flexibility index (Phi) is 5.53. The summed E-state index contributed by atoms with van der Waals surface area (Å²) in [6.45, 7) is 1.99. The van der Waals surface area contributed by atoms with Crippen molar-refractivity contribution in [3.05, 3.63) is 53.6 Å². The van der Waals surface area contributed by atoms with Crippen LogP contribution in [0.15, 0.2) is 47.4 Å². The molecule has 4 heteroatoms. The number of hydrogen-bond donors (Lipinski definition) is 1. The van der Waals surface area contributed by atoms with E-state index in [4.69, 9.17) is 15.2 Å². The standard InChI is InChI=1S/C17H21NO2S/c1-12(18)13-8-9-15(19-2)14(10-13)11-21-17-7-5-4-6-16(17)20-3/h4-10,12H,11,18H2,1-3H3. The quantitative estimate of drug-likeness (QED) is 0.819. The van der Waals surface area contributed by atoms with Gasteiger partial charge in [-0.3, -0.25) is 0 Å². The van der Waals surface area contributed by atoms with Gasteiger partial charge in [0.1, 0.15) is 11.5 Å². The van der Waals surface area contributed by atoms with Crippen molar-refractivity contribution in [3.63, 3.8) is 0 Å². The molecule has 0 bridgehead atoms. The Morgan fingerprint density at radius 2 is 1.76 bits per heavy atom. The van der Waals surface area contributed by atoms with Gasteiger partial charge in [0.2, 0.25) is 0 Å². The number of para-hydroxylation sites is 1. The number of rotatable bonds is 6. The molecule has 2 aromatic carbocycles. The number of thioether (sulfide) groups is 1. The first-order valence-electron chi connectivity index (χ1n) is 6.84. The van der Waals surface area contributed by atoms with E-state index in [1.54, 1.807) is 26.0 Å². The van der Waals surface area contributed by atoms with Crippen LogP contribution >= 0.6 is 11.8 Å². The van der Waals surface area contributed by atoms with E-state index in [-0.39, 0.29) is 6.04 Å². The molecule has 0 aliphatic carbocycles. The summed E-state index contributed by atoms with van der Waals surface area (Å²) in [5.41, 5.74) is 8.22. The molecule has 0 heterocycles. The molecule has 0 fully saturated rings. The van der Waals surface area contributed by atoms with Crippen molar-refractivity contribution >= 4 is 11.8 Å². The SMILES string of the molecule is COc1ccc(C(C)N)cc1CSc1ccccc1OC. The van der Waals surface area contributed by atoms with Gasteiger partial charge in [-0.1, -0.05) is 18.2 Å². The molecule has 0 saturated heterocycles. The topological polar surface area (TPSA) is 44.5 Å². The number of hydrogen-bond acceptors (Lipinski definition) is 4. The second-order valence-corrected chi connectivity index (χ2v) is 5.82. The van der Waals surface area contributed by atoms with E-state index < -0.39 is 0 Å². The molecule has 1 atom stereocenters. The molecule has 0 saturated carbocycles. The molecule has 0 spiro atoms. The van der Waals surface area contributed by atoms with Gasteiger partial charge in [-0.25, -0.2) is 0 Å². The van der Waals surface area contributed by atoms with Gasteiger partial charge in [-0.2, -0.15) is 0 Å². The van der Waals surface area contributed by atoms with Gasteiger partial charge in [-0.15, -0.1) is 11.8 Å². The molecule has 21 heavy (non-hydrogen) atoms. The summed E-state index contributed by atoms with van der Waals surface area (Å²) in [6, 6.07) is 14.2. The Morgan fingerprint density at radius 3 is 2.43 bits per heavy atom.